The monoisotopic (exact) mass is 703 g/mol. The molecule has 0 aliphatic heterocycles. The summed E-state index contributed by atoms with van der Waals surface area (Å²) in [5.74, 6) is -0.166. The fourth-order valence-electron chi connectivity index (χ4n) is 7.20. The van der Waals surface area contributed by atoms with Crippen LogP contribution in [-0.2, 0) is 0 Å². The van der Waals surface area contributed by atoms with Gasteiger partial charge in [0.05, 0.1) is 22.1 Å². The zero-order valence-electron chi connectivity index (χ0n) is 28.5. The molecule has 1 unspecified atom stereocenters. The van der Waals surface area contributed by atoms with Gasteiger partial charge in [-0.15, -0.1) is 0 Å². The average Bonchev–Trinajstić information content (AvgIpc) is 3.23. The van der Waals surface area contributed by atoms with Gasteiger partial charge >= 0.3 is 0 Å². The molecule has 0 saturated heterocycles. The number of pyridine rings is 4. The summed E-state index contributed by atoms with van der Waals surface area (Å²) in [5.41, 5.74) is 7.08. The molecule has 9 aromatic rings. The summed E-state index contributed by atoms with van der Waals surface area (Å²) in [5, 5.41) is 3.81. The SMILES string of the molecule is FC1=CC(c2nc(-c3ccccc3)nc(-c3cc(F)cc(-c4cnc5c(ccc6cccnc65)c4)c3)n2)=CC(c2cnc3c(ccc4cccnc43)c2)C1. The number of fused-ring (bicyclic) bond motifs is 6. The molecular formula is C45H27F2N7. The third-order valence-corrected chi connectivity index (χ3v) is 9.82. The average molecular weight is 704 g/mol. The number of halogens is 2. The van der Waals surface area contributed by atoms with Crippen molar-refractivity contribution < 1.29 is 8.78 Å². The highest BCUT2D eigenvalue weighted by atomic mass is 19.1. The first kappa shape index (κ1) is 31.6. The van der Waals surface area contributed by atoms with Gasteiger partial charge in [0.1, 0.15) is 11.6 Å². The maximum atomic E-state index is 15.6. The van der Waals surface area contributed by atoms with Crippen molar-refractivity contribution in [2.75, 3.05) is 0 Å². The number of rotatable bonds is 5. The predicted molar refractivity (Wildman–Crippen MR) is 208 cm³/mol. The maximum absolute atomic E-state index is 15.6. The number of aromatic nitrogens is 7. The van der Waals surface area contributed by atoms with Gasteiger partial charge in [0.2, 0.25) is 0 Å². The van der Waals surface area contributed by atoms with E-state index in [4.69, 9.17) is 24.9 Å². The summed E-state index contributed by atoms with van der Waals surface area (Å²) in [4.78, 5) is 33.0. The molecule has 10 rings (SSSR count). The van der Waals surface area contributed by atoms with Crippen LogP contribution in [0, 0.1) is 5.82 Å². The first-order valence-electron chi connectivity index (χ1n) is 17.5. The molecule has 9 heteroatoms. The van der Waals surface area contributed by atoms with Crippen LogP contribution in [-0.4, -0.2) is 34.9 Å². The fourth-order valence-corrected chi connectivity index (χ4v) is 7.20. The largest absolute Gasteiger partial charge is 0.254 e. The van der Waals surface area contributed by atoms with Crippen molar-refractivity contribution in [3.05, 3.63) is 169 Å². The van der Waals surface area contributed by atoms with Crippen molar-refractivity contribution in [3.8, 4) is 33.9 Å². The lowest BCUT2D eigenvalue weighted by molar-refractivity contribution is 0.566. The van der Waals surface area contributed by atoms with Gasteiger partial charge in [-0.2, -0.15) is 0 Å². The molecule has 0 saturated carbocycles. The molecule has 54 heavy (non-hydrogen) atoms. The minimum absolute atomic E-state index is 0.172. The lowest BCUT2D eigenvalue weighted by Crippen LogP contribution is -2.07. The van der Waals surface area contributed by atoms with Gasteiger partial charge < -0.3 is 0 Å². The fraction of sp³-hybridized carbons (Fsp3) is 0.0444. The van der Waals surface area contributed by atoms with Gasteiger partial charge in [-0.25, -0.2) is 23.7 Å². The van der Waals surface area contributed by atoms with Gasteiger partial charge in [-0.05, 0) is 59.7 Å². The minimum atomic E-state index is -0.458. The van der Waals surface area contributed by atoms with Gasteiger partial charge in [0.25, 0.3) is 0 Å². The van der Waals surface area contributed by atoms with Crippen LogP contribution in [0.5, 0.6) is 0 Å². The smallest absolute Gasteiger partial charge is 0.164 e. The Morgan fingerprint density at radius 1 is 0.481 bits per heavy atom. The maximum Gasteiger partial charge on any atom is 0.164 e. The standard InChI is InChI=1S/C45H27F2N7/c46-37-20-31(35-16-29-12-10-26-8-4-14-48-39(26)41(29)50-24-35)18-33(22-37)44-52-43(28-6-2-1-3-7-28)53-45(54-44)34-19-32(21-38(47)23-34)36-17-30-13-11-27-9-5-15-49-40(27)42(30)51-25-36/h1-20,22-25,32H,21H2. The normalized spacial score (nSPS) is 14.4. The summed E-state index contributed by atoms with van der Waals surface area (Å²) in [6, 6.07) is 34.0. The molecular weight excluding hydrogens is 677 g/mol. The predicted octanol–water partition coefficient (Wildman–Crippen LogP) is 10.6. The van der Waals surface area contributed by atoms with Crippen LogP contribution in [0.2, 0.25) is 0 Å². The molecule has 0 radical (unpaired) electrons. The van der Waals surface area contributed by atoms with Crippen LogP contribution in [0.15, 0.2) is 152 Å². The molecule has 5 aromatic heterocycles. The highest BCUT2D eigenvalue weighted by Crippen LogP contribution is 2.37. The van der Waals surface area contributed by atoms with Gasteiger partial charge in [0.15, 0.2) is 17.5 Å². The second-order valence-corrected chi connectivity index (χ2v) is 13.3. The molecule has 4 aromatic carbocycles. The van der Waals surface area contributed by atoms with E-state index < -0.39 is 5.82 Å². The molecule has 0 fully saturated rings. The summed E-state index contributed by atoms with van der Waals surface area (Å²) < 4.78 is 31.1. The molecule has 0 N–H and O–H groups in total. The topological polar surface area (TPSA) is 90.2 Å². The van der Waals surface area contributed by atoms with Crippen LogP contribution < -0.4 is 0 Å². The van der Waals surface area contributed by atoms with Crippen LogP contribution in [0.4, 0.5) is 8.78 Å². The molecule has 1 atom stereocenters. The minimum Gasteiger partial charge on any atom is -0.254 e. The van der Waals surface area contributed by atoms with Gasteiger partial charge in [-0.1, -0.05) is 72.8 Å². The molecule has 256 valence electrons. The second-order valence-electron chi connectivity index (χ2n) is 13.3. The Balaban J connectivity index is 1.07. The van der Waals surface area contributed by atoms with Crippen molar-refractivity contribution in [1.82, 2.24) is 34.9 Å². The van der Waals surface area contributed by atoms with E-state index in [1.165, 1.54) is 18.2 Å². The zero-order valence-corrected chi connectivity index (χ0v) is 28.5. The van der Waals surface area contributed by atoms with Gasteiger partial charge in [0, 0.05) is 80.9 Å². The van der Waals surface area contributed by atoms with Crippen LogP contribution in [0.1, 0.15) is 23.7 Å². The second kappa shape index (κ2) is 12.8. The Hall–Kier alpha value is -7.13. The summed E-state index contributed by atoms with van der Waals surface area (Å²) >= 11 is 0. The quantitative estimate of drug-likeness (QED) is 0.165. The first-order valence-corrected chi connectivity index (χ1v) is 17.5. The van der Waals surface area contributed by atoms with Crippen molar-refractivity contribution in [2.45, 2.75) is 12.3 Å². The number of hydrogen-bond donors (Lipinski definition) is 0. The highest BCUT2D eigenvalue weighted by molar-refractivity contribution is 6.04. The van der Waals surface area contributed by atoms with E-state index in [0.717, 1.165) is 60.3 Å². The van der Waals surface area contributed by atoms with E-state index in [1.54, 1.807) is 24.8 Å². The Morgan fingerprint density at radius 3 is 1.83 bits per heavy atom. The third-order valence-electron chi connectivity index (χ3n) is 9.82. The number of allylic oxidation sites excluding steroid dienone is 4. The van der Waals surface area contributed by atoms with Crippen molar-refractivity contribution >= 4 is 49.2 Å². The molecule has 0 spiro atoms. The highest BCUT2D eigenvalue weighted by Gasteiger charge is 2.23. The molecule has 5 heterocycles. The van der Waals surface area contributed by atoms with E-state index in [1.807, 2.05) is 103 Å². The Kier molecular flexibility index (Phi) is 7.50. The van der Waals surface area contributed by atoms with E-state index in [-0.39, 0.29) is 29.8 Å². The van der Waals surface area contributed by atoms with Crippen LogP contribution in [0.25, 0.3) is 83.1 Å². The number of nitrogens with zero attached hydrogens (tertiary/aromatic N) is 7. The van der Waals surface area contributed by atoms with Gasteiger partial charge in [-0.3, -0.25) is 19.9 Å². The lowest BCUT2D eigenvalue weighted by Gasteiger charge is -2.19. The molecule has 7 nitrogen and oxygen atoms in total. The third kappa shape index (κ3) is 5.72. The van der Waals surface area contributed by atoms with E-state index >= 15 is 8.78 Å². The van der Waals surface area contributed by atoms with Crippen molar-refractivity contribution in [1.29, 1.82) is 0 Å². The Morgan fingerprint density at radius 2 is 1.09 bits per heavy atom. The summed E-state index contributed by atoms with van der Waals surface area (Å²) in [6.07, 6.45) is 10.6. The van der Waals surface area contributed by atoms with Crippen LogP contribution in [0.3, 0.4) is 0 Å². The molecule has 0 amide bonds. The summed E-state index contributed by atoms with van der Waals surface area (Å²) in [6.45, 7) is 0. The first-order chi connectivity index (χ1) is 26.5. The van der Waals surface area contributed by atoms with E-state index in [0.29, 0.717) is 22.5 Å². The number of hydrogen-bond acceptors (Lipinski definition) is 7. The lowest BCUT2D eigenvalue weighted by atomic mass is 9.89. The molecule has 1 aliphatic carbocycles. The Bertz CT molecular complexity index is 3020. The zero-order chi connectivity index (χ0) is 36.2. The Labute approximate surface area is 307 Å². The number of benzene rings is 4. The van der Waals surface area contributed by atoms with Crippen molar-refractivity contribution in [2.24, 2.45) is 0 Å². The van der Waals surface area contributed by atoms with Crippen molar-refractivity contribution in [3.63, 3.8) is 0 Å². The summed E-state index contributed by atoms with van der Waals surface area (Å²) in [7, 11) is 0. The molecule has 1 aliphatic rings. The molecule has 0 bridgehead atoms. The van der Waals surface area contributed by atoms with E-state index in [9.17, 15) is 0 Å². The van der Waals surface area contributed by atoms with Crippen LogP contribution >= 0.6 is 0 Å². The van der Waals surface area contributed by atoms with E-state index in [2.05, 4.69) is 9.97 Å².